The number of carbonyl (C=O) groups is 1. The van der Waals surface area contributed by atoms with Crippen LogP contribution in [0.15, 0.2) is 53.4 Å². The molecule has 0 heterocycles. The Kier molecular flexibility index (Phi) is 6.24. The molecule has 2 aromatic carbocycles. The number of amides is 2. The summed E-state index contributed by atoms with van der Waals surface area (Å²) >= 11 is 5.79. The largest absolute Gasteiger partial charge is 0.492 e. The van der Waals surface area contributed by atoms with Gasteiger partial charge in [-0.25, -0.2) is 18.4 Å². The molecule has 0 spiro atoms. The Hall–Kier alpha value is -2.29. The number of hydrogen-bond acceptors (Lipinski definition) is 4. The van der Waals surface area contributed by atoms with E-state index in [9.17, 15) is 13.2 Å². The molecule has 2 rings (SSSR count). The van der Waals surface area contributed by atoms with Crippen molar-refractivity contribution in [1.82, 2.24) is 4.90 Å². The number of nitrogens with two attached hydrogens (primary N) is 1. The third-order valence-electron chi connectivity index (χ3n) is 3.29. The number of ether oxygens (including phenoxy) is 1. The highest BCUT2D eigenvalue weighted by atomic mass is 35.5. The Balaban J connectivity index is 1.82. The number of benzene rings is 2. The molecule has 0 radical (unpaired) electrons. The van der Waals surface area contributed by atoms with Gasteiger partial charge >= 0.3 is 6.03 Å². The Morgan fingerprint density at radius 3 is 2.32 bits per heavy atom. The van der Waals surface area contributed by atoms with Gasteiger partial charge in [-0.1, -0.05) is 11.6 Å². The zero-order chi connectivity index (χ0) is 18.4. The number of primary sulfonamides is 1. The van der Waals surface area contributed by atoms with E-state index in [0.717, 1.165) is 0 Å². The maximum Gasteiger partial charge on any atom is 0.321 e. The molecular formula is C16H18ClN3O4S. The Bertz CT molecular complexity index is 823. The molecule has 134 valence electrons. The fraction of sp³-hybridized carbons (Fsp3) is 0.188. The van der Waals surface area contributed by atoms with Crippen molar-refractivity contribution in [1.29, 1.82) is 0 Å². The summed E-state index contributed by atoms with van der Waals surface area (Å²) in [6.07, 6.45) is 0. The third kappa shape index (κ3) is 5.93. The van der Waals surface area contributed by atoms with Crippen molar-refractivity contribution < 1.29 is 17.9 Å². The molecule has 0 saturated heterocycles. The Morgan fingerprint density at radius 2 is 1.76 bits per heavy atom. The van der Waals surface area contributed by atoms with Crippen LogP contribution in [-0.2, 0) is 10.0 Å². The number of halogens is 1. The topological polar surface area (TPSA) is 102 Å². The fourth-order valence-electron chi connectivity index (χ4n) is 1.88. The van der Waals surface area contributed by atoms with Crippen molar-refractivity contribution in [3.63, 3.8) is 0 Å². The molecule has 0 atom stereocenters. The molecule has 0 saturated carbocycles. The van der Waals surface area contributed by atoms with Crippen molar-refractivity contribution in [3.05, 3.63) is 53.6 Å². The van der Waals surface area contributed by atoms with Crippen LogP contribution in [0.3, 0.4) is 0 Å². The van der Waals surface area contributed by atoms with Crippen LogP contribution >= 0.6 is 11.6 Å². The number of carbonyl (C=O) groups excluding carboxylic acids is 1. The Morgan fingerprint density at radius 1 is 1.16 bits per heavy atom. The van der Waals surface area contributed by atoms with Crippen molar-refractivity contribution in [3.8, 4) is 5.75 Å². The zero-order valence-electron chi connectivity index (χ0n) is 13.5. The number of anilines is 1. The molecule has 0 bridgehead atoms. The van der Waals surface area contributed by atoms with Gasteiger partial charge in [0.05, 0.1) is 11.4 Å². The van der Waals surface area contributed by atoms with Crippen LogP contribution in [0.25, 0.3) is 0 Å². The van der Waals surface area contributed by atoms with E-state index in [1.165, 1.54) is 29.2 Å². The summed E-state index contributed by atoms with van der Waals surface area (Å²) in [5.41, 5.74) is 0.461. The molecule has 0 unspecified atom stereocenters. The second-order valence-electron chi connectivity index (χ2n) is 5.22. The molecule has 9 heteroatoms. The van der Waals surface area contributed by atoms with E-state index in [1.807, 2.05) is 0 Å². The van der Waals surface area contributed by atoms with E-state index in [-0.39, 0.29) is 10.9 Å². The number of hydrogen-bond donors (Lipinski definition) is 2. The first kappa shape index (κ1) is 19.0. The van der Waals surface area contributed by atoms with Crippen LogP contribution in [0.5, 0.6) is 5.75 Å². The highest BCUT2D eigenvalue weighted by Crippen LogP contribution is 2.15. The van der Waals surface area contributed by atoms with Gasteiger partial charge in [0.1, 0.15) is 12.4 Å². The molecule has 0 fully saturated rings. The van der Waals surface area contributed by atoms with Gasteiger partial charge in [-0.3, -0.25) is 0 Å². The minimum absolute atomic E-state index is 0.0183. The quantitative estimate of drug-likeness (QED) is 0.800. The number of sulfonamides is 1. The zero-order valence-corrected chi connectivity index (χ0v) is 15.0. The van der Waals surface area contributed by atoms with Crippen molar-refractivity contribution in [2.24, 2.45) is 5.14 Å². The van der Waals surface area contributed by atoms with E-state index in [2.05, 4.69) is 5.32 Å². The van der Waals surface area contributed by atoms with E-state index < -0.39 is 10.0 Å². The van der Waals surface area contributed by atoms with Gasteiger partial charge in [-0.15, -0.1) is 0 Å². The van der Waals surface area contributed by atoms with Crippen molar-refractivity contribution in [2.75, 3.05) is 25.5 Å². The monoisotopic (exact) mass is 383 g/mol. The second-order valence-corrected chi connectivity index (χ2v) is 7.22. The third-order valence-corrected chi connectivity index (χ3v) is 4.47. The van der Waals surface area contributed by atoms with Gasteiger partial charge in [0.15, 0.2) is 0 Å². The first-order chi connectivity index (χ1) is 11.8. The molecule has 7 nitrogen and oxygen atoms in total. The van der Waals surface area contributed by atoms with E-state index in [0.29, 0.717) is 29.6 Å². The number of likely N-dealkylation sites (N-methyl/N-ethyl adjacent to an activating group) is 1. The molecule has 0 aliphatic heterocycles. The first-order valence-corrected chi connectivity index (χ1v) is 9.21. The van der Waals surface area contributed by atoms with Gasteiger partial charge in [0.2, 0.25) is 10.0 Å². The average molecular weight is 384 g/mol. The van der Waals surface area contributed by atoms with Gasteiger partial charge in [-0.2, -0.15) is 0 Å². The predicted octanol–water partition coefficient (Wildman–Crippen LogP) is 2.53. The molecule has 2 amide bonds. The van der Waals surface area contributed by atoms with Crippen LogP contribution in [0.1, 0.15) is 0 Å². The van der Waals surface area contributed by atoms with Crippen molar-refractivity contribution >= 4 is 33.3 Å². The molecule has 0 aliphatic carbocycles. The smallest absolute Gasteiger partial charge is 0.321 e. The molecule has 3 N–H and O–H groups in total. The fourth-order valence-corrected chi connectivity index (χ4v) is 2.52. The molecule has 0 aromatic heterocycles. The lowest BCUT2D eigenvalue weighted by Gasteiger charge is -2.18. The Labute approximate surface area is 151 Å². The summed E-state index contributed by atoms with van der Waals surface area (Å²) in [5.74, 6) is 0.664. The lowest BCUT2D eigenvalue weighted by Crippen LogP contribution is -2.34. The molecule has 0 aliphatic rings. The maximum atomic E-state index is 12.1. The average Bonchev–Trinajstić information content (AvgIpc) is 2.56. The van der Waals surface area contributed by atoms with Crippen LogP contribution < -0.4 is 15.2 Å². The minimum Gasteiger partial charge on any atom is -0.492 e. The molecular weight excluding hydrogens is 366 g/mol. The normalized spacial score (nSPS) is 11.0. The predicted molar refractivity (Wildman–Crippen MR) is 96.4 cm³/mol. The molecule has 25 heavy (non-hydrogen) atoms. The minimum atomic E-state index is -3.75. The summed E-state index contributed by atoms with van der Waals surface area (Å²) in [7, 11) is -2.13. The van der Waals surface area contributed by atoms with Gasteiger partial charge < -0.3 is 15.0 Å². The highest BCUT2D eigenvalue weighted by Gasteiger charge is 2.11. The summed E-state index contributed by atoms with van der Waals surface area (Å²) in [6, 6.07) is 12.2. The lowest BCUT2D eigenvalue weighted by molar-refractivity contribution is 0.207. The van der Waals surface area contributed by atoms with Crippen LogP contribution in [-0.4, -0.2) is 39.5 Å². The lowest BCUT2D eigenvalue weighted by atomic mass is 10.3. The van der Waals surface area contributed by atoms with Crippen LogP contribution in [0.4, 0.5) is 10.5 Å². The van der Waals surface area contributed by atoms with E-state index >= 15 is 0 Å². The number of nitrogens with one attached hydrogen (secondary N) is 1. The standard InChI is InChI=1S/C16H18ClN3O4S/c1-20(10-11-24-14-6-2-12(17)3-7-14)16(21)19-13-4-8-15(9-5-13)25(18,22)23/h2-9H,10-11H2,1H3,(H,19,21)(H2,18,22,23). The van der Waals surface area contributed by atoms with Gasteiger partial charge in [0.25, 0.3) is 0 Å². The number of nitrogens with zero attached hydrogens (tertiary/aromatic N) is 1. The van der Waals surface area contributed by atoms with Gasteiger partial charge in [-0.05, 0) is 48.5 Å². The SMILES string of the molecule is CN(CCOc1ccc(Cl)cc1)C(=O)Nc1ccc(S(N)(=O)=O)cc1. The van der Waals surface area contributed by atoms with Crippen molar-refractivity contribution in [2.45, 2.75) is 4.90 Å². The van der Waals surface area contributed by atoms with Crippen LogP contribution in [0.2, 0.25) is 5.02 Å². The number of rotatable bonds is 6. The van der Waals surface area contributed by atoms with E-state index in [1.54, 1.807) is 31.3 Å². The number of urea groups is 1. The maximum absolute atomic E-state index is 12.1. The van der Waals surface area contributed by atoms with Gasteiger partial charge in [0, 0.05) is 17.8 Å². The second kappa shape index (κ2) is 8.19. The van der Waals surface area contributed by atoms with E-state index in [4.69, 9.17) is 21.5 Å². The summed E-state index contributed by atoms with van der Waals surface area (Å²) in [5, 5.41) is 8.30. The summed E-state index contributed by atoms with van der Waals surface area (Å²) in [6.45, 7) is 0.680. The van der Waals surface area contributed by atoms with Crippen LogP contribution in [0, 0.1) is 0 Å². The summed E-state index contributed by atoms with van der Waals surface area (Å²) < 4.78 is 27.9. The molecule has 2 aromatic rings. The first-order valence-electron chi connectivity index (χ1n) is 7.29. The highest BCUT2D eigenvalue weighted by molar-refractivity contribution is 7.89. The summed E-state index contributed by atoms with van der Waals surface area (Å²) in [4.78, 5) is 13.5.